The van der Waals surface area contributed by atoms with Crippen molar-refractivity contribution in [3.05, 3.63) is 34.9 Å². The summed E-state index contributed by atoms with van der Waals surface area (Å²) in [4.78, 5) is 37.6. The molecule has 2 aliphatic carbocycles. The van der Waals surface area contributed by atoms with Gasteiger partial charge in [-0.25, -0.2) is 8.78 Å². The molecule has 154 valence electrons. The lowest BCUT2D eigenvalue weighted by Crippen LogP contribution is -2.52. The minimum atomic E-state index is -2.74. The molecule has 1 aromatic rings. The zero-order valence-corrected chi connectivity index (χ0v) is 15.7. The highest BCUT2D eigenvalue weighted by molar-refractivity contribution is 6.05. The van der Waals surface area contributed by atoms with Gasteiger partial charge in [0.25, 0.3) is 11.8 Å². The third-order valence-electron chi connectivity index (χ3n) is 6.97. The average molecular weight is 404 g/mol. The molecule has 2 unspecified atom stereocenters. The molecule has 2 saturated carbocycles. The van der Waals surface area contributed by atoms with E-state index in [1.165, 1.54) is 4.90 Å². The summed E-state index contributed by atoms with van der Waals surface area (Å²) < 4.78 is 27.1. The molecule has 0 bridgehead atoms. The van der Waals surface area contributed by atoms with E-state index in [-0.39, 0.29) is 24.3 Å². The molecule has 29 heavy (non-hydrogen) atoms. The number of nitrogens with two attached hydrogens (primary N) is 1. The van der Waals surface area contributed by atoms with Crippen molar-refractivity contribution in [3.63, 3.8) is 0 Å². The number of hydrogen-bond donors (Lipinski definition) is 3. The summed E-state index contributed by atoms with van der Waals surface area (Å²) >= 11 is 0. The predicted molar refractivity (Wildman–Crippen MR) is 97.7 cm³/mol. The third-order valence-corrected chi connectivity index (χ3v) is 6.97. The van der Waals surface area contributed by atoms with Gasteiger partial charge in [-0.2, -0.15) is 0 Å². The number of carbonyl (C=O) groups is 3. The van der Waals surface area contributed by atoms with E-state index < -0.39 is 29.3 Å². The number of nitrogens with one attached hydrogen (secondary N) is 2. The van der Waals surface area contributed by atoms with Crippen LogP contribution in [0.4, 0.5) is 8.78 Å². The molecule has 2 heterocycles. The summed E-state index contributed by atoms with van der Waals surface area (Å²) in [7, 11) is 0. The zero-order valence-electron chi connectivity index (χ0n) is 15.7. The van der Waals surface area contributed by atoms with Crippen molar-refractivity contribution in [1.82, 2.24) is 15.5 Å². The van der Waals surface area contributed by atoms with Crippen molar-refractivity contribution in [1.29, 1.82) is 0 Å². The Hall–Kier alpha value is -2.39. The second-order valence-electron chi connectivity index (χ2n) is 8.63. The fraction of sp³-hybridized carbons (Fsp3) is 0.550. The van der Waals surface area contributed by atoms with Crippen LogP contribution in [0.5, 0.6) is 0 Å². The Morgan fingerprint density at radius 2 is 1.97 bits per heavy atom. The molecule has 7 nitrogen and oxygen atoms in total. The Morgan fingerprint density at radius 3 is 2.62 bits per heavy atom. The minimum absolute atomic E-state index is 0.0179. The number of rotatable bonds is 4. The van der Waals surface area contributed by atoms with Crippen molar-refractivity contribution in [3.8, 4) is 0 Å². The van der Waals surface area contributed by atoms with Crippen LogP contribution in [0.1, 0.15) is 47.2 Å². The number of alkyl halides is 2. The zero-order chi connectivity index (χ0) is 20.6. The quantitative estimate of drug-likeness (QED) is 0.640. The van der Waals surface area contributed by atoms with Crippen LogP contribution in [0.25, 0.3) is 0 Å². The van der Waals surface area contributed by atoms with Crippen LogP contribution in [0.2, 0.25) is 0 Å². The van der Waals surface area contributed by atoms with Crippen LogP contribution >= 0.6 is 0 Å². The van der Waals surface area contributed by atoms with Crippen molar-refractivity contribution in [2.24, 2.45) is 11.1 Å². The maximum Gasteiger partial charge on any atom is 0.270 e. The molecule has 3 amide bonds. The van der Waals surface area contributed by atoms with Gasteiger partial charge in [0.1, 0.15) is 6.04 Å². The van der Waals surface area contributed by atoms with Gasteiger partial charge in [-0.1, -0.05) is 12.1 Å². The average Bonchev–Trinajstić information content (AvgIpc) is 2.91. The highest BCUT2D eigenvalue weighted by Gasteiger charge is 2.82. The first-order chi connectivity index (χ1) is 13.7. The van der Waals surface area contributed by atoms with Crippen LogP contribution in [0.15, 0.2) is 18.2 Å². The van der Waals surface area contributed by atoms with Crippen LogP contribution in [-0.2, 0) is 22.7 Å². The minimum Gasteiger partial charge on any atom is -0.322 e. The lowest BCUT2D eigenvalue weighted by atomic mass is 9.75. The molecule has 1 spiro atoms. The van der Waals surface area contributed by atoms with E-state index in [1.807, 2.05) is 12.1 Å². The number of halogens is 2. The molecule has 4 N–H and O–H groups in total. The Balaban J connectivity index is 1.21. The van der Waals surface area contributed by atoms with E-state index in [9.17, 15) is 23.2 Å². The number of hydrogen-bond acceptors (Lipinski definition) is 5. The van der Waals surface area contributed by atoms with Crippen LogP contribution in [-0.4, -0.2) is 46.7 Å². The molecule has 0 aromatic heterocycles. The molecule has 5 rings (SSSR count). The van der Waals surface area contributed by atoms with Gasteiger partial charge in [-0.05, 0) is 36.5 Å². The first-order valence-electron chi connectivity index (χ1n) is 9.86. The molecule has 9 heteroatoms. The van der Waals surface area contributed by atoms with Crippen molar-refractivity contribution < 1.29 is 23.2 Å². The van der Waals surface area contributed by atoms with E-state index in [1.54, 1.807) is 6.07 Å². The van der Waals surface area contributed by atoms with Gasteiger partial charge >= 0.3 is 0 Å². The third kappa shape index (κ3) is 2.63. The van der Waals surface area contributed by atoms with Gasteiger partial charge in [0.05, 0.1) is 11.5 Å². The molecule has 3 fully saturated rings. The van der Waals surface area contributed by atoms with Gasteiger partial charge in [0.2, 0.25) is 11.8 Å². The van der Waals surface area contributed by atoms with Crippen molar-refractivity contribution in [2.45, 2.75) is 62.8 Å². The fourth-order valence-electron chi connectivity index (χ4n) is 5.03. The highest BCUT2D eigenvalue weighted by atomic mass is 19.3. The standard InChI is InChI=1S/C20H22F2N4O3/c21-20(22)18(23)19(20)6-12(7-19)24-8-10-1-2-13-11(5-10)9-26(17(13)29)14-3-4-15(27)25-16(14)28/h1-2,5,12,14,18,24H,3-4,6-9,23H2,(H,25,27,28). The SMILES string of the molecule is NC1C(F)(F)C12CC(NCc1ccc3c(c1)CN(C1CCC(=O)NC1=O)C3=O)C2. The monoisotopic (exact) mass is 404 g/mol. The smallest absolute Gasteiger partial charge is 0.270 e. The summed E-state index contributed by atoms with van der Waals surface area (Å²) in [5.41, 5.74) is 6.86. The molecule has 1 aromatic carbocycles. The highest BCUT2D eigenvalue weighted by Crippen LogP contribution is 2.69. The summed E-state index contributed by atoms with van der Waals surface area (Å²) in [6.07, 6.45) is 1.31. The Kier molecular flexibility index (Phi) is 3.89. The normalized spacial score (nSPS) is 34.8. The topological polar surface area (TPSA) is 105 Å². The van der Waals surface area contributed by atoms with Crippen molar-refractivity contribution >= 4 is 17.7 Å². The van der Waals surface area contributed by atoms with Gasteiger partial charge < -0.3 is 16.0 Å². The summed E-state index contributed by atoms with van der Waals surface area (Å²) in [5.74, 6) is -3.69. The fourth-order valence-corrected chi connectivity index (χ4v) is 5.03. The Bertz CT molecular complexity index is 928. The number of fused-ring (bicyclic) bond motifs is 1. The van der Waals surface area contributed by atoms with Crippen LogP contribution < -0.4 is 16.4 Å². The Labute approximate surface area is 166 Å². The first kappa shape index (κ1) is 18.6. The maximum atomic E-state index is 13.6. The van der Waals surface area contributed by atoms with Gasteiger partial charge in [-0.3, -0.25) is 19.7 Å². The van der Waals surface area contributed by atoms with E-state index in [2.05, 4.69) is 10.6 Å². The largest absolute Gasteiger partial charge is 0.322 e. The number of carbonyl (C=O) groups excluding carboxylic acids is 3. The van der Waals surface area contributed by atoms with Gasteiger partial charge in [0, 0.05) is 31.1 Å². The van der Waals surface area contributed by atoms with Gasteiger partial charge in [-0.15, -0.1) is 0 Å². The number of imide groups is 1. The lowest BCUT2D eigenvalue weighted by molar-refractivity contribution is -0.136. The van der Waals surface area contributed by atoms with Gasteiger partial charge in [0.15, 0.2) is 0 Å². The summed E-state index contributed by atoms with van der Waals surface area (Å²) in [6, 6.07) is 3.86. The van der Waals surface area contributed by atoms with E-state index in [0.29, 0.717) is 37.9 Å². The number of nitrogens with zero attached hydrogens (tertiary/aromatic N) is 1. The van der Waals surface area contributed by atoms with Crippen LogP contribution in [0.3, 0.4) is 0 Å². The maximum absolute atomic E-state index is 13.6. The second-order valence-corrected chi connectivity index (χ2v) is 8.63. The summed E-state index contributed by atoms with van der Waals surface area (Å²) in [5, 5.41) is 5.58. The van der Waals surface area contributed by atoms with E-state index in [0.717, 1.165) is 11.1 Å². The first-order valence-corrected chi connectivity index (χ1v) is 9.86. The molecular weight excluding hydrogens is 382 g/mol. The van der Waals surface area contributed by atoms with Crippen molar-refractivity contribution in [2.75, 3.05) is 0 Å². The molecule has 0 radical (unpaired) electrons. The Morgan fingerprint density at radius 1 is 1.24 bits per heavy atom. The van der Waals surface area contributed by atoms with Crippen LogP contribution in [0, 0.1) is 5.41 Å². The molecule has 2 atom stereocenters. The number of piperidine rings is 1. The molecule has 2 aliphatic heterocycles. The molecular formula is C20H22F2N4O3. The molecule has 1 saturated heterocycles. The lowest BCUT2D eigenvalue weighted by Gasteiger charge is -2.36. The summed E-state index contributed by atoms with van der Waals surface area (Å²) in [6.45, 7) is 0.837. The van der Waals surface area contributed by atoms with E-state index in [4.69, 9.17) is 5.73 Å². The molecule has 4 aliphatic rings. The predicted octanol–water partition coefficient (Wildman–Crippen LogP) is 0.662. The number of benzene rings is 1. The second kappa shape index (κ2) is 6.06. The number of amides is 3. The van der Waals surface area contributed by atoms with E-state index >= 15 is 0 Å².